The van der Waals surface area contributed by atoms with E-state index in [1.807, 2.05) is 0 Å². The van der Waals surface area contributed by atoms with Gasteiger partial charge in [0.1, 0.15) is 0 Å². The van der Waals surface area contributed by atoms with E-state index in [-0.39, 0.29) is 0 Å². The quantitative estimate of drug-likeness (QED) is 0.0597. The molecule has 0 aromatic carbocycles. The van der Waals surface area contributed by atoms with Gasteiger partial charge in [-0.05, 0) is 0 Å². The minimum absolute atomic E-state index is 0.938. The monoisotopic (exact) mass is 714 g/mol. The summed E-state index contributed by atoms with van der Waals surface area (Å²) in [6, 6.07) is 0. The summed E-state index contributed by atoms with van der Waals surface area (Å²) in [4.78, 5) is 0. The molecule has 3 nitrogen and oxygen atoms in total. The van der Waals surface area contributed by atoms with E-state index >= 15 is 0 Å². The van der Waals surface area contributed by atoms with Crippen molar-refractivity contribution in [3.8, 4) is 0 Å². The van der Waals surface area contributed by atoms with Gasteiger partial charge in [0, 0.05) is 0 Å². The first-order valence-electron chi connectivity index (χ1n) is 16.1. The van der Waals surface area contributed by atoms with Crippen molar-refractivity contribution in [2.75, 3.05) is 13.2 Å². The molecule has 0 aromatic heterocycles. The Hall–Kier alpha value is 1.48. The SMILES string of the molecule is CCCCCCC[O][Sn]([CH2]CCC)([CH2]CCC)[O][Sn]([CH2]CCC)([CH2]CCC)[O]CCCCCCC. The third-order valence-electron chi connectivity index (χ3n) is 7.24. The fourth-order valence-corrected chi connectivity index (χ4v) is 47.6. The molecule has 35 heavy (non-hydrogen) atoms. The summed E-state index contributed by atoms with van der Waals surface area (Å²) in [5, 5.41) is 0. The van der Waals surface area contributed by atoms with Crippen LogP contribution in [0.3, 0.4) is 0 Å². The van der Waals surface area contributed by atoms with E-state index in [1.54, 1.807) is 0 Å². The molecule has 0 aliphatic heterocycles. The van der Waals surface area contributed by atoms with Crippen LogP contribution in [0.5, 0.6) is 0 Å². The third-order valence-corrected chi connectivity index (χ3v) is 40.5. The topological polar surface area (TPSA) is 27.7 Å². The van der Waals surface area contributed by atoms with Crippen LogP contribution in [0.25, 0.3) is 0 Å². The van der Waals surface area contributed by atoms with Crippen molar-refractivity contribution in [1.29, 1.82) is 0 Å². The predicted molar refractivity (Wildman–Crippen MR) is 161 cm³/mol. The van der Waals surface area contributed by atoms with Crippen molar-refractivity contribution in [2.24, 2.45) is 0 Å². The zero-order valence-corrected chi connectivity index (χ0v) is 30.9. The zero-order valence-electron chi connectivity index (χ0n) is 25.2. The van der Waals surface area contributed by atoms with Crippen LogP contribution in [0.2, 0.25) is 17.7 Å². The van der Waals surface area contributed by atoms with Gasteiger partial charge >= 0.3 is 234 Å². The summed E-state index contributed by atoms with van der Waals surface area (Å²) < 4.78 is 26.8. The molecule has 0 atom stereocenters. The van der Waals surface area contributed by atoms with Gasteiger partial charge in [0.25, 0.3) is 0 Å². The fraction of sp³-hybridized carbons (Fsp3) is 1.00. The summed E-state index contributed by atoms with van der Waals surface area (Å²) in [5.41, 5.74) is 0. The van der Waals surface area contributed by atoms with Gasteiger partial charge in [-0.15, -0.1) is 0 Å². The van der Waals surface area contributed by atoms with E-state index in [0.29, 0.717) is 0 Å². The Balaban J connectivity index is 5.62. The van der Waals surface area contributed by atoms with E-state index in [0.717, 1.165) is 13.2 Å². The molecule has 0 amide bonds. The molecule has 0 aliphatic rings. The molecule has 5 heteroatoms. The van der Waals surface area contributed by atoms with Crippen LogP contribution in [0.15, 0.2) is 0 Å². The minimum atomic E-state index is -3.20. The second-order valence-electron chi connectivity index (χ2n) is 10.9. The van der Waals surface area contributed by atoms with Crippen LogP contribution in [0, 0.1) is 0 Å². The Morgan fingerprint density at radius 2 is 0.629 bits per heavy atom. The van der Waals surface area contributed by atoms with Gasteiger partial charge in [0.15, 0.2) is 0 Å². The average Bonchev–Trinajstić information content (AvgIpc) is 2.87. The Morgan fingerprint density at radius 1 is 0.343 bits per heavy atom. The zero-order chi connectivity index (χ0) is 26.1. The van der Waals surface area contributed by atoms with Gasteiger partial charge in [0.2, 0.25) is 0 Å². The summed E-state index contributed by atoms with van der Waals surface area (Å²) >= 11 is -6.40. The van der Waals surface area contributed by atoms with Crippen molar-refractivity contribution in [2.45, 2.75) is 175 Å². The van der Waals surface area contributed by atoms with Gasteiger partial charge in [0.05, 0.1) is 0 Å². The number of rotatable bonds is 28. The second kappa shape index (κ2) is 25.7. The molecule has 212 valence electrons. The van der Waals surface area contributed by atoms with Crippen molar-refractivity contribution >= 4 is 38.4 Å². The summed E-state index contributed by atoms with van der Waals surface area (Å²) in [7, 11) is 0. The van der Waals surface area contributed by atoms with E-state index in [9.17, 15) is 0 Å². The first-order valence-corrected chi connectivity index (χ1v) is 28.8. The molecule has 0 bridgehead atoms. The van der Waals surface area contributed by atoms with Gasteiger partial charge < -0.3 is 0 Å². The van der Waals surface area contributed by atoms with Crippen LogP contribution in [0.4, 0.5) is 0 Å². The molecular formula is C30H66O3Sn2. The number of unbranched alkanes of at least 4 members (excludes halogenated alkanes) is 12. The van der Waals surface area contributed by atoms with Crippen molar-refractivity contribution in [3.63, 3.8) is 0 Å². The molecule has 0 aliphatic carbocycles. The Labute approximate surface area is 232 Å². The first-order chi connectivity index (χ1) is 17.1. The molecule has 0 saturated heterocycles. The van der Waals surface area contributed by atoms with Crippen LogP contribution >= 0.6 is 0 Å². The maximum atomic E-state index is 7.67. The molecule has 0 aromatic rings. The molecule has 0 spiro atoms. The molecular weight excluding hydrogens is 646 g/mol. The molecule has 0 rings (SSSR count). The van der Waals surface area contributed by atoms with Crippen molar-refractivity contribution < 1.29 is 7.56 Å². The Morgan fingerprint density at radius 3 is 0.914 bits per heavy atom. The van der Waals surface area contributed by atoms with Gasteiger partial charge in [-0.3, -0.25) is 0 Å². The van der Waals surface area contributed by atoms with Crippen molar-refractivity contribution in [3.05, 3.63) is 0 Å². The van der Waals surface area contributed by atoms with E-state index < -0.39 is 38.4 Å². The van der Waals surface area contributed by atoms with Crippen LogP contribution in [-0.4, -0.2) is 51.6 Å². The van der Waals surface area contributed by atoms with Crippen LogP contribution in [-0.2, 0) is 7.56 Å². The summed E-state index contributed by atoms with van der Waals surface area (Å²) in [5.74, 6) is 0. The van der Waals surface area contributed by atoms with Crippen LogP contribution < -0.4 is 0 Å². The maximum absolute atomic E-state index is 7.67. The number of hydrogen-bond acceptors (Lipinski definition) is 3. The Kier molecular flexibility index (Phi) is 26.8. The van der Waals surface area contributed by atoms with Crippen LogP contribution in [0.1, 0.15) is 157 Å². The first kappa shape index (κ1) is 36.5. The third kappa shape index (κ3) is 19.2. The molecule has 0 saturated carbocycles. The fourth-order valence-electron chi connectivity index (χ4n) is 4.85. The molecule has 0 heterocycles. The molecule has 0 N–H and O–H groups in total. The summed E-state index contributed by atoms with van der Waals surface area (Å²) in [6.45, 7) is 15.8. The molecule has 0 unspecified atom stereocenters. The van der Waals surface area contributed by atoms with E-state index in [1.165, 1.54) is 133 Å². The standard InChI is InChI=1S/2C7H15O.4C4H9.O.2Sn/c2*1-2-3-4-5-6-7-8;4*1-3-4-2;;;/h2*2-7H2,1H3;4*1,3-4H2,2H3;;;/q2*-1;;;;;;2*+1. The van der Waals surface area contributed by atoms with Crippen molar-refractivity contribution in [1.82, 2.24) is 0 Å². The Bertz CT molecular complexity index is 380. The normalized spacial score (nSPS) is 12.5. The van der Waals surface area contributed by atoms with Gasteiger partial charge in [-0.25, -0.2) is 0 Å². The predicted octanol–water partition coefficient (Wildman–Crippen LogP) is 11.1. The van der Waals surface area contributed by atoms with Gasteiger partial charge in [-0.1, -0.05) is 0 Å². The van der Waals surface area contributed by atoms with E-state index in [4.69, 9.17) is 7.56 Å². The second-order valence-corrected chi connectivity index (χ2v) is 33.1. The number of hydrogen-bond donors (Lipinski definition) is 0. The summed E-state index contributed by atoms with van der Waals surface area (Å²) in [6.07, 6.45) is 23.2. The average molecular weight is 712 g/mol. The molecule has 0 radical (unpaired) electrons. The molecule has 0 fully saturated rings. The van der Waals surface area contributed by atoms with Gasteiger partial charge in [-0.2, -0.15) is 0 Å². The van der Waals surface area contributed by atoms with E-state index in [2.05, 4.69) is 41.5 Å².